The van der Waals surface area contributed by atoms with E-state index in [4.69, 9.17) is 4.74 Å². The normalized spacial score (nSPS) is 23.6. The highest BCUT2D eigenvalue weighted by atomic mass is 16.5. The first-order valence-electron chi connectivity index (χ1n) is 6.34. The largest absolute Gasteiger partial charge is 0.463 e. The molecule has 0 aromatic rings. The average molecular weight is 250 g/mol. The van der Waals surface area contributed by atoms with Gasteiger partial charge in [0.05, 0.1) is 6.61 Å². The Morgan fingerprint density at radius 2 is 2.17 bits per heavy atom. The zero-order chi connectivity index (χ0) is 13.9. The molecule has 0 saturated heterocycles. The Balaban J connectivity index is 3.00. The fraction of sp³-hybridized carbons (Fsp3) is 0.600. The fourth-order valence-corrected chi connectivity index (χ4v) is 2.49. The van der Waals surface area contributed by atoms with E-state index in [1.54, 1.807) is 19.9 Å². The number of esters is 1. The molecule has 0 radical (unpaired) electrons. The molecule has 3 nitrogen and oxygen atoms in total. The molecule has 1 aliphatic rings. The summed E-state index contributed by atoms with van der Waals surface area (Å²) in [4.78, 5) is 23.2. The molecule has 0 aliphatic heterocycles. The van der Waals surface area contributed by atoms with Crippen LogP contribution in [-0.2, 0) is 14.3 Å². The summed E-state index contributed by atoms with van der Waals surface area (Å²) in [5.41, 5.74) is 1.47. The summed E-state index contributed by atoms with van der Waals surface area (Å²) in [5.74, 6) is -0.00598. The van der Waals surface area contributed by atoms with Gasteiger partial charge in [-0.15, -0.1) is 0 Å². The first-order chi connectivity index (χ1) is 8.27. The summed E-state index contributed by atoms with van der Waals surface area (Å²) in [5, 5.41) is 0. The lowest BCUT2D eigenvalue weighted by Crippen LogP contribution is -2.31. The topological polar surface area (TPSA) is 43.4 Å². The van der Waals surface area contributed by atoms with Crippen molar-refractivity contribution >= 4 is 11.8 Å². The highest BCUT2D eigenvalue weighted by molar-refractivity contribution is 5.92. The first-order valence-corrected chi connectivity index (χ1v) is 6.34. The Bertz CT molecular complexity index is 413. The van der Waals surface area contributed by atoms with Gasteiger partial charge in [0.25, 0.3) is 0 Å². The van der Waals surface area contributed by atoms with E-state index in [9.17, 15) is 9.59 Å². The third-order valence-corrected chi connectivity index (χ3v) is 3.37. The lowest BCUT2D eigenvalue weighted by molar-refractivity contribution is -0.138. The van der Waals surface area contributed by atoms with Crippen molar-refractivity contribution in [3.63, 3.8) is 0 Å². The minimum absolute atomic E-state index is 0.111. The van der Waals surface area contributed by atoms with Crippen LogP contribution in [0.3, 0.4) is 0 Å². The van der Waals surface area contributed by atoms with Crippen LogP contribution in [0.1, 0.15) is 41.0 Å². The highest BCUT2D eigenvalue weighted by Crippen LogP contribution is 2.40. The second-order valence-electron chi connectivity index (χ2n) is 5.57. The van der Waals surface area contributed by atoms with Crippen molar-refractivity contribution in [1.29, 1.82) is 0 Å². The standard InChI is InChI=1S/C15H22O3/c1-6-18-14(17)11(3)8-13-10(2)7-12(16)9-15(13,4)5/h7-8,13H,6,9H2,1-5H3/b11-8-/t13-/m0/s1. The highest BCUT2D eigenvalue weighted by Gasteiger charge is 2.35. The maximum Gasteiger partial charge on any atom is 0.333 e. The summed E-state index contributed by atoms with van der Waals surface area (Å²) in [6, 6.07) is 0. The van der Waals surface area contributed by atoms with Crippen molar-refractivity contribution in [3.8, 4) is 0 Å². The summed E-state index contributed by atoms with van der Waals surface area (Å²) in [6.45, 7) is 9.99. The summed E-state index contributed by atoms with van der Waals surface area (Å²) >= 11 is 0. The minimum Gasteiger partial charge on any atom is -0.463 e. The molecule has 0 fully saturated rings. The van der Waals surface area contributed by atoms with E-state index in [1.807, 2.05) is 13.0 Å². The summed E-state index contributed by atoms with van der Waals surface area (Å²) in [6.07, 6.45) is 4.13. The maximum absolute atomic E-state index is 11.6. The third-order valence-electron chi connectivity index (χ3n) is 3.37. The Morgan fingerprint density at radius 1 is 1.56 bits per heavy atom. The van der Waals surface area contributed by atoms with Crippen molar-refractivity contribution in [1.82, 2.24) is 0 Å². The maximum atomic E-state index is 11.6. The van der Waals surface area contributed by atoms with Gasteiger partial charge in [-0.1, -0.05) is 25.5 Å². The number of carbonyl (C=O) groups excluding carboxylic acids is 2. The van der Waals surface area contributed by atoms with Crippen LogP contribution in [-0.4, -0.2) is 18.4 Å². The quantitative estimate of drug-likeness (QED) is 0.571. The van der Waals surface area contributed by atoms with Crippen LogP contribution < -0.4 is 0 Å². The molecular formula is C15H22O3. The number of hydrogen-bond donors (Lipinski definition) is 0. The predicted molar refractivity (Wildman–Crippen MR) is 71.0 cm³/mol. The minimum atomic E-state index is -0.280. The van der Waals surface area contributed by atoms with E-state index in [1.165, 1.54) is 0 Å². The Labute approximate surface area is 109 Å². The lowest BCUT2D eigenvalue weighted by atomic mass is 9.68. The number of allylic oxidation sites excluding steroid dienone is 3. The van der Waals surface area contributed by atoms with Crippen LogP contribution in [0, 0.1) is 11.3 Å². The van der Waals surface area contributed by atoms with E-state index in [-0.39, 0.29) is 23.1 Å². The SMILES string of the molecule is CCOC(=O)/C(C)=C\[C@H]1C(C)=CC(=O)CC1(C)C. The van der Waals surface area contributed by atoms with Gasteiger partial charge in [0, 0.05) is 17.9 Å². The van der Waals surface area contributed by atoms with Gasteiger partial charge in [0.1, 0.15) is 0 Å². The zero-order valence-corrected chi connectivity index (χ0v) is 11.9. The Kier molecular flexibility index (Phi) is 4.49. The van der Waals surface area contributed by atoms with Crippen LogP contribution >= 0.6 is 0 Å². The van der Waals surface area contributed by atoms with Gasteiger partial charge < -0.3 is 4.74 Å². The molecule has 18 heavy (non-hydrogen) atoms. The summed E-state index contributed by atoms with van der Waals surface area (Å²) < 4.78 is 4.98. The zero-order valence-electron chi connectivity index (χ0n) is 11.9. The molecule has 0 bridgehead atoms. The molecule has 0 aromatic carbocycles. The van der Waals surface area contributed by atoms with Crippen LogP contribution in [0.4, 0.5) is 0 Å². The van der Waals surface area contributed by atoms with E-state index < -0.39 is 0 Å². The van der Waals surface area contributed by atoms with Crippen LogP contribution in [0.15, 0.2) is 23.3 Å². The molecule has 0 heterocycles. The molecule has 0 amide bonds. The molecule has 0 spiro atoms. The van der Waals surface area contributed by atoms with Crippen molar-refractivity contribution in [3.05, 3.63) is 23.3 Å². The van der Waals surface area contributed by atoms with E-state index in [0.717, 1.165) is 5.57 Å². The number of ether oxygens (including phenoxy) is 1. The molecule has 0 unspecified atom stereocenters. The van der Waals surface area contributed by atoms with Crippen LogP contribution in [0.25, 0.3) is 0 Å². The second-order valence-corrected chi connectivity index (χ2v) is 5.57. The van der Waals surface area contributed by atoms with Gasteiger partial charge in [0.2, 0.25) is 0 Å². The Hall–Kier alpha value is -1.38. The van der Waals surface area contributed by atoms with E-state index in [2.05, 4.69) is 13.8 Å². The molecule has 100 valence electrons. The van der Waals surface area contributed by atoms with Crippen molar-refractivity contribution in [2.24, 2.45) is 11.3 Å². The average Bonchev–Trinajstić information content (AvgIpc) is 2.22. The molecule has 1 rings (SSSR count). The molecule has 0 saturated carbocycles. The molecule has 1 aliphatic carbocycles. The molecule has 3 heteroatoms. The van der Waals surface area contributed by atoms with Gasteiger partial charge in [-0.25, -0.2) is 4.79 Å². The smallest absolute Gasteiger partial charge is 0.333 e. The van der Waals surface area contributed by atoms with Gasteiger partial charge >= 0.3 is 5.97 Å². The number of carbonyl (C=O) groups is 2. The fourth-order valence-electron chi connectivity index (χ4n) is 2.49. The van der Waals surface area contributed by atoms with Gasteiger partial charge in [-0.2, -0.15) is 0 Å². The number of rotatable bonds is 3. The van der Waals surface area contributed by atoms with Gasteiger partial charge in [-0.05, 0) is 32.3 Å². The van der Waals surface area contributed by atoms with Crippen LogP contribution in [0.5, 0.6) is 0 Å². The van der Waals surface area contributed by atoms with E-state index in [0.29, 0.717) is 18.6 Å². The van der Waals surface area contributed by atoms with Crippen molar-refractivity contribution in [2.45, 2.75) is 41.0 Å². The molecule has 0 N–H and O–H groups in total. The van der Waals surface area contributed by atoms with Crippen molar-refractivity contribution in [2.75, 3.05) is 6.61 Å². The van der Waals surface area contributed by atoms with E-state index >= 15 is 0 Å². The predicted octanol–water partition coefficient (Wildman–Crippen LogP) is 3.06. The Morgan fingerprint density at radius 3 is 2.67 bits per heavy atom. The second kappa shape index (κ2) is 5.51. The van der Waals surface area contributed by atoms with Gasteiger partial charge in [0.15, 0.2) is 5.78 Å². The third kappa shape index (κ3) is 3.31. The number of hydrogen-bond acceptors (Lipinski definition) is 3. The number of ketones is 1. The molecule has 1 atom stereocenters. The van der Waals surface area contributed by atoms with Crippen molar-refractivity contribution < 1.29 is 14.3 Å². The van der Waals surface area contributed by atoms with Crippen LogP contribution in [0.2, 0.25) is 0 Å². The van der Waals surface area contributed by atoms with Gasteiger partial charge in [-0.3, -0.25) is 4.79 Å². The monoisotopic (exact) mass is 250 g/mol. The first kappa shape index (κ1) is 14.7. The molecule has 0 aromatic heterocycles. The summed E-state index contributed by atoms with van der Waals surface area (Å²) in [7, 11) is 0. The molecular weight excluding hydrogens is 228 g/mol. The lowest BCUT2D eigenvalue weighted by Gasteiger charge is -2.36.